The molecule has 3 nitrogen and oxygen atoms in total. The van der Waals surface area contributed by atoms with E-state index in [4.69, 9.17) is 0 Å². The molecule has 0 saturated heterocycles. The Kier molecular flexibility index (Phi) is 2.29. The lowest BCUT2D eigenvalue weighted by Gasteiger charge is -2.03. The first-order valence-corrected chi connectivity index (χ1v) is 5.47. The molecule has 0 aliphatic heterocycles. The predicted octanol–water partition coefficient (Wildman–Crippen LogP) is 3.00. The topological polar surface area (TPSA) is 38.7 Å². The van der Waals surface area contributed by atoms with Gasteiger partial charge in [0.2, 0.25) is 0 Å². The Hall–Kier alpha value is -2.29. The van der Waals surface area contributed by atoms with Gasteiger partial charge in [0.15, 0.2) is 5.82 Å². The smallest absolute Gasteiger partial charge is 0.161 e. The number of aromatic nitrogens is 3. The molecule has 0 amide bonds. The fraction of sp³-hybridized carbons (Fsp3) is 0.0714. The monoisotopic (exact) mass is 221 g/mol. The first-order valence-electron chi connectivity index (χ1n) is 5.47. The van der Waals surface area contributed by atoms with E-state index in [-0.39, 0.29) is 0 Å². The molecule has 0 aliphatic rings. The number of benzene rings is 1. The van der Waals surface area contributed by atoms with Gasteiger partial charge < -0.3 is 0 Å². The zero-order valence-electron chi connectivity index (χ0n) is 9.46. The normalized spacial score (nSPS) is 10.6. The number of nitrogens with zero attached hydrogens (tertiary/aromatic N) is 3. The third-order valence-electron chi connectivity index (χ3n) is 2.76. The zero-order valence-corrected chi connectivity index (χ0v) is 9.46. The Balaban J connectivity index is 2.21. The number of pyridine rings is 1. The molecule has 0 saturated carbocycles. The van der Waals surface area contributed by atoms with Crippen molar-refractivity contribution in [2.75, 3.05) is 0 Å². The van der Waals surface area contributed by atoms with E-state index in [0.717, 1.165) is 22.3 Å². The highest BCUT2D eigenvalue weighted by molar-refractivity contribution is 5.82. The second kappa shape index (κ2) is 3.94. The predicted molar refractivity (Wildman–Crippen MR) is 67.5 cm³/mol. The van der Waals surface area contributed by atoms with Crippen LogP contribution in [0.4, 0.5) is 0 Å². The molecule has 82 valence electrons. The van der Waals surface area contributed by atoms with Gasteiger partial charge in [0.1, 0.15) is 0 Å². The van der Waals surface area contributed by atoms with E-state index >= 15 is 0 Å². The van der Waals surface area contributed by atoms with Crippen LogP contribution < -0.4 is 0 Å². The number of hydrogen-bond acceptors (Lipinski definition) is 3. The summed E-state index contributed by atoms with van der Waals surface area (Å²) in [4.78, 5) is 13.0. The fourth-order valence-corrected chi connectivity index (χ4v) is 1.83. The largest absolute Gasteiger partial charge is 0.264 e. The van der Waals surface area contributed by atoms with Crippen LogP contribution in [0.1, 0.15) is 5.56 Å². The molecule has 0 aliphatic carbocycles. The maximum atomic E-state index is 4.56. The molecule has 0 bridgehead atoms. The molecule has 3 aromatic rings. The third kappa shape index (κ3) is 1.76. The summed E-state index contributed by atoms with van der Waals surface area (Å²) < 4.78 is 0. The van der Waals surface area contributed by atoms with E-state index < -0.39 is 0 Å². The summed E-state index contributed by atoms with van der Waals surface area (Å²) in [6.07, 6.45) is 5.39. The molecule has 1 aromatic carbocycles. The standard InChI is InChI=1S/C14H11N3/c1-10-4-2-6-13-12(10)9-16-14(17-13)11-5-3-7-15-8-11/h2-9H,1H3. The Morgan fingerprint density at radius 3 is 2.76 bits per heavy atom. The van der Waals surface area contributed by atoms with Crippen molar-refractivity contribution in [1.29, 1.82) is 0 Å². The maximum Gasteiger partial charge on any atom is 0.161 e. The molecule has 17 heavy (non-hydrogen) atoms. The molecule has 2 aromatic heterocycles. The minimum atomic E-state index is 0.719. The SMILES string of the molecule is Cc1cccc2nc(-c3cccnc3)ncc12. The van der Waals surface area contributed by atoms with Crippen LogP contribution >= 0.6 is 0 Å². The van der Waals surface area contributed by atoms with Crippen molar-refractivity contribution in [2.45, 2.75) is 6.92 Å². The van der Waals surface area contributed by atoms with Crippen LogP contribution in [0, 0.1) is 6.92 Å². The fourth-order valence-electron chi connectivity index (χ4n) is 1.83. The summed E-state index contributed by atoms with van der Waals surface area (Å²) in [7, 11) is 0. The van der Waals surface area contributed by atoms with Gasteiger partial charge >= 0.3 is 0 Å². The van der Waals surface area contributed by atoms with Gasteiger partial charge in [-0.3, -0.25) is 4.98 Å². The molecule has 3 rings (SSSR count). The minimum Gasteiger partial charge on any atom is -0.264 e. The van der Waals surface area contributed by atoms with Gasteiger partial charge in [-0.2, -0.15) is 0 Å². The van der Waals surface area contributed by atoms with Gasteiger partial charge in [0.25, 0.3) is 0 Å². The van der Waals surface area contributed by atoms with Crippen LogP contribution in [0.25, 0.3) is 22.3 Å². The van der Waals surface area contributed by atoms with Crippen LogP contribution in [0.15, 0.2) is 48.9 Å². The molecule has 0 unspecified atom stereocenters. The zero-order chi connectivity index (χ0) is 11.7. The molecular weight excluding hydrogens is 210 g/mol. The quantitative estimate of drug-likeness (QED) is 0.634. The molecule has 0 radical (unpaired) electrons. The van der Waals surface area contributed by atoms with Gasteiger partial charge in [-0.1, -0.05) is 12.1 Å². The second-order valence-corrected chi connectivity index (χ2v) is 3.94. The van der Waals surface area contributed by atoms with Gasteiger partial charge in [-0.25, -0.2) is 9.97 Å². The number of hydrogen-bond donors (Lipinski definition) is 0. The first-order chi connectivity index (χ1) is 8.34. The number of aryl methyl sites for hydroxylation is 1. The first kappa shape index (κ1) is 9.90. The van der Waals surface area contributed by atoms with E-state index in [1.54, 1.807) is 12.4 Å². The lowest BCUT2D eigenvalue weighted by molar-refractivity contribution is 1.20. The highest BCUT2D eigenvalue weighted by Crippen LogP contribution is 2.19. The summed E-state index contributed by atoms with van der Waals surface area (Å²) in [5.41, 5.74) is 3.11. The van der Waals surface area contributed by atoms with Crippen LogP contribution in [0.5, 0.6) is 0 Å². The molecule has 0 spiro atoms. The van der Waals surface area contributed by atoms with Crippen molar-refractivity contribution in [3.05, 3.63) is 54.5 Å². The van der Waals surface area contributed by atoms with E-state index in [0.29, 0.717) is 0 Å². The molecule has 0 fully saturated rings. The lowest BCUT2D eigenvalue weighted by Crippen LogP contribution is -1.91. The second-order valence-electron chi connectivity index (χ2n) is 3.94. The maximum absolute atomic E-state index is 4.56. The van der Waals surface area contributed by atoms with Crippen molar-refractivity contribution >= 4 is 10.9 Å². The Bertz CT molecular complexity index is 663. The Morgan fingerprint density at radius 1 is 1.00 bits per heavy atom. The molecule has 3 heteroatoms. The number of rotatable bonds is 1. The summed E-state index contributed by atoms with van der Waals surface area (Å²) in [6.45, 7) is 2.06. The summed E-state index contributed by atoms with van der Waals surface area (Å²) in [5, 5.41) is 1.10. The van der Waals surface area contributed by atoms with Gasteiger partial charge in [0, 0.05) is 29.5 Å². The van der Waals surface area contributed by atoms with E-state index in [2.05, 4.69) is 27.9 Å². The van der Waals surface area contributed by atoms with Crippen molar-refractivity contribution in [3.63, 3.8) is 0 Å². The average Bonchev–Trinajstić information content (AvgIpc) is 2.40. The van der Waals surface area contributed by atoms with Crippen LogP contribution in [0.3, 0.4) is 0 Å². The van der Waals surface area contributed by atoms with Gasteiger partial charge in [-0.05, 0) is 30.7 Å². The minimum absolute atomic E-state index is 0.719. The van der Waals surface area contributed by atoms with Crippen molar-refractivity contribution < 1.29 is 0 Å². The Morgan fingerprint density at radius 2 is 1.94 bits per heavy atom. The summed E-state index contributed by atoms with van der Waals surface area (Å²) in [5.74, 6) is 0.719. The van der Waals surface area contributed by atoms with E-state index in [9.17, 15) is 0 Å². The highest BCUT2D eigenvalue weighted by atomic mass is 14.9. The van der Waals surface area contributed by atoms with Crippen LogP contribution in [-0.2, 0) is 0 Å². The number of fused-ring (bicyclic) bond motifs is 1. The third-order valence-corrected chi connectivity index (χ3v) is 2.76. The molecule has 0 atom stereocenters. The molecular formula is C14H11N3. The van der Waals surface area contributed by atoms with Gasteiger partial charge in [0.05, 0.1) is 5.52 Å². The Labute approximate surface area is 99.2 Å². The highest BCUT2D eigenvalue weighted by Gasteiger charge is 2.03. The van der Waals surface area contributed by atoms with Crippen LogP contribution in [-0.4, -0.2) is 15.0 Å². The lowest BCUT2D eigenvalue weighted by atomic mass is 10.1. The molecule has 0 N–H and O–H groups in total. The van der Waals surface area contributed by atoms with Crippen molar-refractivity contribution in [1.82, 2.24) is 15.0 Å². The average molecular weight is 221 g/mol. The summed E-state index contributed by atoms with van der Waals surface area (Å²) in [6, 6.07) is 9.93. The molecule has 2 heterocycles. The van der Waals surface area contributed by atoms with E-state index in [1.807, 2.05) is 30.5 Å². The van der Waals surface area contributed by atoms with Crippen LogP contribution in [0.2, 0.25) is 0 Å². The van der Waals surface area contributed by atoms with Crippen molar-refractivity contribution in [2.24, 2.45) is 0 Å². The van der Waals surface area contributed by atoms with Crippen molar-refractivity contribution in [3.8, 4) is 11.4 Å². The van der Waals surface area contributed by atoms with Gasteiger partial charge in [-0.15, -0.1) is 0 Å². The summed E-state index contributed by atoms with van der Waals surface area (Å²) >= 11 is 0. The van der Waals surface area contributed by atoms with E-state index in [1.165, 1.54) is 5.56 Å².